The number of rotatable bonds is 10. The van der Waals surface area contributed by atoms with E-state index < -0.39 is 30.1 Å². The fraction of sp³-hybridized carbons (Fsp3) is 0.269. The molecule has 0 aliphatic heterocycles. The molecular formula is C26H26N2O6S. The van der Waals surface area contributed by atoms with Crippen molar-refractivity contribution in [1.82, 2.24) is 10.6 Å². The zero-order valence-electron chi connectivity index (χ0n) is 19.1. The summed E-state index contributed by atoms with van der Waals surface area (Å²) in [4.78, 5) is 37.3. The van der Waals surface area contributed by atoms with Crippen molar-refractivity contribution in [2.45, 2.75) is 24.5 Å². The summed E-state index contributed by atoms with van der Waals surface area (Å²) in [7, 11) is 1.30. The van der Waals surface area contributed by atoms with E-state index >= 15 is 0 Å². The number of methoxy groups -OCH3 is 1. The Bertz CT molecular complexity index is 1150. The molecule has 182 valence electrons. The van der Waals surface area contributed by atoms with Crippen molar-refractivity contribution in [3.8, 4) is 11.1 Å². The maximum atomic E-state index is 12.8. The average Bonchev–Trinajstić information content (AvgIpc) is 3.50. The molecule has 9 heteroatoms. The van der Waals surface area contributed by atoms with E-state index in [0.717, 1.165) is 22.3 Å². The van der Waals surface area contributed by atoms with E-state index in [1.807, 2.05) is 36.4 Å². The van der Waals surface area contributed by atoms with Crippen LogP contribution in [0.3, 0.4) is 0 Å². The summed E-state index contributed by atoms with van der Waals surface area (Å²) in [5, 5.41) is 16.2. The van der Waals surface area contributed by atoms with Crippen LogP contribution in [0.1, 0.15) is 34.4 Å². The highest BCUT2D eigenvalue weighted by atomic mass is 32.1. The Morgan fingerprint density at radius 3 is 2.23 bits per heavy atom. The van der Waals surface area contributed by atoms with Gasteiger partial charge in [-0.05, 0) is 33.7 Å². The van der Waals surface area contributed by atoms with Gasteiger partial charge in [0.2, 0.25) is 5.91 Å². The lowest BCUT2D eigenvalue weighted by Gasteiger charge is -2.19. The monoisotopic (exact) mass is 494 g/mol. The molecule has 2 unspecified atom stereocenters. The number of carbonyl (C=O) groups excluding carboxylic acids is 2. The maximum absolute atomic E-state index is 12.8. The van der Waals surface area contributed by atoms with Gasteiger partial charge in [-0.15, -0.1) is 11.3 Å². The molecular weight excluding hydrogens is 468 g/mol. The summed E-state index contributed by atoms with van der Waals surface area (Å²) in [5.74, 6) is -1.65. The molecule has 35 heavy (non-hydrogen) atoms. The zero-order valence-corrected chi connectivity index (χ0v) is 19.9. The summed E-state index contributed by atoms with van der Waals surface area (Å²) >= 11 is 1.33. The first-order valence-electron chi connectivity index (χ1n) is 11.2. The van der Waals surface area contributed by atoms with E-state index in [2.05, 4.69) is 22.8 Å². The number of hydrogen-bond acceptors (Lipinski definition) is 6. The molecule has 0 saturated heterocycles. The number of amides is 2. The van der Waals surface area contributed by atoms with E-state index in [1.165, 1.54) is 18.4 Å². The van der Waals surface area contributed by atoms with Gasteiger partial charge < -0.3 is 25.2 Å². The molecule has 0 saturated carbocycles. The second-order valence-electron chi connectivity index (χ2n) is 8.06. The molecule has 1 aromatic heterocycles. The van der Waals surface area contributed by atoms with E-state index in [9.17, 15) is 14.4 Å². The minimum Gasteiger partial charge on any atom is -0.479 e. The molecule has 0 fully saturated rings. The lowest BCUT2D eigenvalue weighted by molar-refractivity contribution is -0.149. The third-order valence-corrected chi connectivity index (χ3v) is 6.90. The van der Waals surface area contributed by atoms with E-state index in [4.69, 9.17) is 14.6 Å². The fourth-order valence-electron chi connectivity index (χ4n) is 4.25. The number of alkyl carbamates (subject to hydrolysis) is 1. The first-order chi connectivity index (χ1) is 17.0. The van der Waals surface area contributed by atoms with Gasteiger partial charge in [0.1, 0.15) is 12.6 Å². The number of thiophene rings is 1. The van der Waals surface area contributed by atoms with Gasteiger partial charge in [-0.1, -0.05) is 54.6 Å². The van der Waals surface area contributed by atoms with Crippen molar-refractivity contribution in [2.24, 2.45) is 0 Å². The van der Waals surface area contributed by atoms with Crippen molar-refractivity contribution in [3.63, 3.8) is 0 Å². The first kappa shape index (κ1) is 24.4. The van der Waals surface area contributed by atoms with Crippen LogP contribution in [0.2, 0.25) is 0 Å². The molecule has 3 aromatic rings. The number of carboxylic acid groups (broad SMARTS) is 1. The predicted molar refractivity (Wildman–Crippen MR) is 131 cm³/mol. The summed E-state index contributed by atoms with van der Waals surface area (Å²) in [5.41, 5.74) is 4.45. The van der Waals surface area contributed by atoms with Crippen LogP contribution in [0.4, 0.5) is 4.79 Å². The van der Waals surface area contributed by atoms with Crippen molar-refractivity contribution < 1.29 is 29.0 Å². The zero-order chi connectivity index (χ0) is 24.8. The number of hydrogen-bond donors (Lipinski definition) is 3. The molecule has 3 N–H and O–H groups in total. The van der Waals surface area contributed by atoms with Gasteiger partial charge >= 0.3 is 12.1 Å². The number of carboxylic acids is 1. The second kappa shape index (κ2) is 11.2. The lowest BCUT2D eigenvalue weighted by Crippen LogP contribution is -2.41. The number of carbonyl (C=O) groups is 3. The SMILES string of the molecule is COC(CCNC(=O)C(NC(=O)OCC1c2ccccc2-c2ccccc21)c1cccs1)C(=O)O. The largest absolute Gasteiger partial charge is 0.479 e. The van der Waals surface area contributed by atoms with E-state index in [1.54, 1.807) is 17.5 Å². The molecule has 1 heterocycles. The van der Waals surface area contributed by atoms with Crippen molar-refractivity contribution >= 4 is 29.3 Å². The fourth-order valence-corrected chi connectivity index (χ4v) is 5.02. The normalized spacial score (nSPS) is 13.9. The third-order valence-electron chi connectivity index (χ3n) is 5.96. The molecule has 0 spiro atoms. The highest BCUT2D eigenvalue weighted by Crippen LogP contribution is 2.44. The Balaban J connectivity index is 1.39. The smallest absolute Gasteiger partial charge is 0.408 e. The first-order valence-corrected chi connectivity index (χ1v) is 12.1. The highest BCUT2D eigenvalue weighted by molar-refractivity contribution is 7.10. The third kappa shape index (κ3) is 5.52. The standard InChI is InChI=1S/C26H26N2O6S/c1-33-21(25(30)31)12-13-27-24(29)23(22-11-6-14-35-22)28-26(32)34-15-20-18-9-4-2-7-16(18)17-8-3-5-10-19(17)20/h2-11,14,20-21,23H,12-13,15H2,1H3,(H,27,29)(H,28,32)(H,30,31). The van der Waals surface area contributed by atoms with Crippen LogP contribution in [0.25, 0.3) is 11.1 Å². The van der Waals surface area contributed by atoms with Gasteiger partial charge in [-0.2, -0.15) is 0 Å². The molecule has 2 amide bonds. The second-order valence-corrected chi connectivity index (χ2v) is 9.04. The summed E-state index contributed by atoms with van der Waals surface area (Å²) < 4.78 is 10.5. The van der Waals surface area contributed by atoms with Crippen LogP contribution in [-0.2, 0) is 19.1 Å². The van der Waals surface area contributed by atoms with E-state index in [-0.39, 0.29) is 25.5 Å². The van der Waals surface area contributed by atoms with Crippen LogP contribution < -0.4 is 10.6 Å². The topological polar surface area (TPSA) is 114 Å². The molecule has 1 aliphatic carbocycles. The minimum atomic E-state index is -1.10. The average molecular weight is 495 g/mol. The predicted octanol–water partition coefficient (Wildman–Crippen LogP) is 3.93. The van der Waals surface area contributed by atoms with Gasteiger partial charge in [0.15, 0.2) is 6.10 Å². The molecule has 0 bridgehead atoms. The lowest BCUT2D eigenvalue weighted by atomic mass is 9.98. The Hall–Kier alpha value is -3.69. The molecule has 2 atom stereocenters. The quantitative estimate of drug-likeness (QED) is 0.394. The van der Waals surface area contributed by atoms with Crippen molar-refractivity contribution in [3.05, 3.63) is 82.0 Å². The number of fused-ring (bicyclic) bond motifs is 3. The number of benzene rings is 2. The summed E-state index contributed by atoms with van der Waals surface area (Å²) in [6.07, 6.45) is -1.63. The van der Waals surface area contributed by atoms with Crippen LogP contribution in [0, 0.1) is 0 Å². The van der Waals surface area contributed by atoms with Crippen molar-refractivity contribution in [1.29, 1.82) is 0 Å². The highest BCUT2D eigenvalue weighted by Gasteiger charge is 2.30. The molecule has 2 aromatic carbocycles. The Morgan fingerprint density at radius 1 is 1.00 bits per heavy atom. The van der Waals surface area contributed by atoms with Crippen molar-refractivity contribution in [2.75, 3.05) is 20.3 Å². The molecule has 0 radical (unpaired) electrons. The molecule has 4 rings (SSSR count). The molecule has 8 nitrogen and oxygen atoms in total. The van der Waals surface area contributed by atoms with E-state index in [0.29, 0.717) is 4.88 Å². The van der Waals surface area contributed by atoms with Crippen LogP contribution in [0.5, 0.6) is 0 Å². The van der Waals surface area contributed by atoms with Gasteiger partial charge in [-0.3, -0.25) is 4.79 Å². The van der Waals surface area contributed by atoms with Gasteiger partial charge in [0, 0.05) is 30.9 Å². The minimum absolute atomic E-state index is 0.0812. The number of aliphatic carboxylic acids is 1. The Kier molecular flexibility index (Phi) is 7.79. The van der Waals surface area contributed by atoms with Crippen LogP contribution in [0.15, 0.2) is 66.0 Å². The van der Waals surface area contributed by atoms with Crippen LogP contribution in [-0.4, -0.2) is 49.4 Å². The number of nitrogens with one attached hydrogen (secondary N) is 2. The maximum Gasteiger partial charge on any atom is 0.408 e. The molecule has 1 aliphatic rings. The van der Waals surface area contributed by atoms with Gasteiger partial charge in [-0.25, -0.2) is 9.59 Å². The Morgan fingerprint density at radius 2 is 1.66 bits per heavy atom. The summed E-state index contributed by atoms with van der Waals surface area (Å²) in [6, 6.07) is 18.7. The summed E-state index contributed by atoms with van der Waals surface area (Å²) in [6.45, 7) is 0.213. The van der Waals surface area contributed by atoms with Crippen LogP contribution >= 0.6 is 11.3 Å². The number of ether oxygens (including phenoxy) is 2. The van der Waals surface area contributed by atoms with Gasteiger partial charge in [0.05, 0.1) is 0 Å². The Labute approximate surface area is 206 Å². The van der Waals surface area contributed by atoms with Gasteiger partial charge in [0.25, 0.3) is 0 Å².